The van der Waals surface area contributed by atoms with E-state index in [1.165, 1.54) is 39.0 Å². The molecule has 2 aliphatic rings. The van der Waals surface area contributed by atoms with Crippen LogP contribution in [0.15, 0.2) is 143 Å². The number of hydrogen-bond donors (Lipinski definition) is 0. The second-order valence-corrected chi connectivity index (χ2v) is 11.1. The summed E-state index contributed by atoms with van der Waals surface area (Å²) in [5.74, 6) is 0. The Morgan fingerprint density at radius 3 is 2.63 bits per heavy atom. The van der Waals surface area contributed by atoms with Crippen LogP contribution in [0, 0.1) is 0 Å². The topological polar surface area (TPSA) is 29.7 Å². The van der Waals surface area contributed by atoms with Crippen molar-refractivity contribution in [1.82, 2.24) is 9.38 Å². The number of pyridine rings is 1. The van der Waals surface area contributed by atoms with Gasteiger partial charge in [-0.3, -0.25) is 4.99 Å². The molecular weight excluding hydrogens is 522 g/mol. The van der Waals surface area contributed by atoms with E-state index < -0.39 is 0 Å². The van der Waals surface area contributed by atoms with Crippen molar-refractivity contribution >= 4 is 22.5 Å². The van der Waals surface area contributed by atoms with Gasteiger partial charge in [0.05, 0.1) is 11.4 Å². The number of aliphatic imine (C=N–C) groups is 1. The molecule has 3 nitrogen and oxygen atoms in total. The van der Waals surface area contributed by atoms with Gasteiger partial charge in [-0.15, -0.1) is 0 Å². The average Bonchev–Trinajstić information content (AvgIpc) is 3.47. The molecule has 0 spiro atoms. The number of hydrogen-bond acceptors (Lipinski definition) is 2. The fourth-order valence-electron chi connectivity index (χ4n) is 6.34. The number of allylic oxidation sites excluding steroid dienone is 14. The van der Waals surface area contributed by atoms with Crippen molar-refractivity contribution in [2.45, 2.75) is 66.7 Å². The molecule has 0 radical (unpaired) electrons. The molecule has 2 heterocycles. The molecule has 1 aromatic carbocycles. The lowest BCUT2D eigenvalue weighted by molar-refractivity contribution is 0.898. The van der Waals surface area contributed by atoms with Crippen molar-refractivity contribution in [3.8, 4) is 0 Å². The first-order valence-electron chi connectivity index (χ1n) is 15.6. The van der Waals surface area contributed by atoms with Gasteiger partial charge in [0.1, 0.15) is 5.65 Å². The lowest BCUT2D eigenvalue weighted by Crippen LogP contribution is -2.10. The monoisotopic (exact) mass is 565 g/mol. The molecular formula is C40H43N3. The SMILES string of the molecule is C=CC(/N=C(\C)c1cccc(/C(CC)=C2\CC=C3CC=CC(CCC)=C3\C2=C\C)c1)=C(\C=C/C)c1cn2ccccc2n1. The van der Waals surface area contributed by atoms with Crippen LogP contribution in [-0.4, -0.2) is 15.1 Å². The van der Waals surface area contributed by atoms with Gasteiger partial charge < -0.3 is 4.40 Å². The standard InChI is InChI=1S/C40H43N3/c1-7-16-29-18-14-19-30-23-24-35(34(10-4)40(29)30)33(9-3)32-21-15-20-31(26-32)28(6)41-37(11-5)36(17-8-2)38-27-43-25-13-12-22-39(43)42-38/h8,10-15,17-18,20-23,25-27H,5,7,9,16,19,24H2,1-4,6H3/b17-8-,34-10+,35-33+,37-36-,41-28+. The highest BCUT2D eigenvalue weighted by Gasteiger charge is 2.25. The number of nitrogens with zero attached hydrogens (tertiary/aromatic N) is 3. The van der Waals surface area contributed by atoms with Crippen LogP contribution in [0.25, 0.3) is 16.8 Å². The van der Waals surface area contributed by atoms with Crippen molar-refractivity contribution in [2.75, 3.05) is 0 Å². The van der Waals surface area contributed by atoms with Crippen LogP contribution >= 0.6 is 0 Å². The summed E-state index contributed by atoms with van der Waals surface area (Å²) in [6, 6.07) is 14.9. The zero-order valence-electron chi connectivity index (χ0n) is 26.3. The van der Waals surface area contributed by atoms with Gasteiger partial charge in [-0.1, -0.05) is 87.6 Å². The summed E-state index contributed by atoms with van der Waals surface area (Å²) >= 11 is 0. The maximum absolute atomic E-state index is 5.11. The van der Waals surface area contributed by atoms with Crippen LogP contribution < -0.4 is 0 Å². The van der Waals surface area contributed by atoms with Gasteiger partial charge in [-0.05, 0) is 115 Å². The summed E-state index contributed by atoms with van der Waals surface area (Å²) in [4.78, 5) is 9.96. The molecule has 2 aliphatic carbocycles. The van der Waals surface area contributed by atoms with Gasteiger partial charge >= 0.3 is 0 Å². The molecule has 3 heteroatoms. The summed E-state index contributed by atoms with van der Waals surface area (Å²) < 4.78 is 2.03. The van der Waals surface area contributed by atoms with E-state index in [9.17, 15) is 0 Å². The minimum Gasteiger partial charge on any atom is -0.306 e. The minimum atomic E-state index is 0.806. The largest absolute Gasteiger partial charge is 0.306 e. The highest BCUT2D eigenvalue weighted by Crippen LogP contribution is 2.44. The van der Waals surface area contributed by atoms with Gasteiger partial charge in [-0.25, -0.2) is 4.98 Å². The first-order chi connectivity index (χ1) is 21.0. The number of rotatable bonds is 9. The summed E-state index contributed by atoms with van der Waals surface area (Å²) in [6.45, 7) is 15.0. The van der Waals surface area contributed by atoms with E-state index in [1.807, 2.05) is 54.1 Å². The van der Waals surface area contributed by atoms with Gasteiger partial charge in [-0.2, -0.15) is 0 Å². The average molecular weight is 566 g/mol. The molecule has 43 heavy (non-hydrogen) atoms. The first kappa shape index (κ1) is 30.0. The zero-order valence-corrected chi connectivity index (χ0v) is 26.3. The number of aromatic nitrogens is 2. The Kier molecular flexibility index (Phi) is 9.51. The van der Waals surface area contributed by atoms with Crippen LogP contribution in [0.3, 0.4) is 0 Å². The van der Waals surface area contributed by atoms with Crippen molar-refractivity contribution < 1.29 is 0 Å². The van der Waals surface area contributed by atoms with E-state index in [2.05, 4.69) is 88.9 Å². The predicted molar refractivity (Wildman–Crippen MR) is 185 cm³/mol. The fourth-order valence-corrected chi connectivity index (χ4v) is 6.34. The van der Waals surface area contributed by atoms with E-state index in [0.29, 0.717) is 0 Å². The first-order valence-corrected chi connectivity index (χ1v) is 15.6. The lowest BCUT2D eigenvalue weighted by Gasteiger charge is -2.29. The van der Waals surface area contributed by atoms with Crippen LogP contribution in [0.2, 0.25) is 0 Å². The second-order valence-electron chi connectivity index (χ2n) is 11.1. The van der Waals surface area contributed by atoms with Crippen LogP contribution in [0.4, 0.5) is 0 Å². The van der Waals surface area contributed by atoms with E-state index in [0.717, 1.165) is 66.0 Å². The third-order valence-corrected chi connectivity index (χ3v) is 8.33. The molecule has 2 aromatic heterocycles. The van der Waals surface area contributed by atoms with Gasteiger partial charge in [0, 0.05) is 23.7 Å². The van der Waals surface area contributed by atoms with Crippen molar-refractivity contribution in [2.24, 2.45) is 4.99 Å². The predicted octanol–water partition coefficient (Wildman–Crippen LogP) is 10.8. The molecule has 0 amide bonds. The molecule has 0 bridgehead atoms. The molecule has 0 aliphatic heterocycles. The molecule has 0 saturated carbocycles. The smallest absolute Gasteiger partial charge is 0.137 e. The Bertz CT molecular complexity index is 1760. The van der Waals surface area contributed by atoms with E-state index in [-0.39, 0.29) is 0 Å². The summed E-state index contributed by atoms with van der Waals surface area (Å²) in [7, 11) is 0. The summed E-state index contributed by atoms with van der Waals surface area (Å²) in [6.07, 6.45) is 24.7. The third kappa shape index (κ3) is 6.17. The van der Waals surface area contributed by atoms with Crippen LogP contribution in [0.1, 0.15) is 83.5 Å². The Morgan fingerprint density at radius 1 is 1.07 bits per heavy atom. The molecule has 5 rings (SSSR count). The Hall–Kier alpha value is -4.50. The van der Waals surface area contributed by atoms with Gasteiger partial charge in [0.2, 0.25) is 0 Å². The van der Waals surface area contributed by atoms with Crippen molar-refractivity contribution in [3.63, 3.8) is 0 Å². The lowest BCUT2D eigenvalue weighted by atomic mass is 9.75. The maximum atomic E-state index is 5.11. The van der Waals surface area contributed by atoms with Crippen LogP contribution in [0.5, 0.6) is 0 Å². The Morgan fingerprint density at radius 2 is 1.91 bits per heavy atom. The Labute approximate surface area is 257 Å². The van der Waals surface area contributed by atoms with E-state index in [1.54, 1.807) is 0 Å². The van der Waals surface area contributed by atoms with Crippen molar-refractivity contribution in [1.29, 1.82) is 0 Å². The molecule has 3 aromatic rings. The minimum absolute atomic E-state index is 0.806. The molecule has 0 N–H and O–H groups in total. The highest BCUT2D eigenvalue weighted by atomic mass is 15.0. The van der Waals surface area contributed by atoms with Gasteiger partial charge in [0.15, 0.2) is 0 Å². The molecule has 218 valence electrons. The summed E-state index contributed by atoms with van der Waals surface area (Å²) in [5, 5.41) is 0. The number of imidazole rings is 1. The van der Waals surface area contributed by atoms with Crippen molar-refractivity contribution in [3.05, 3.63) is 154 Å². The van der Waals surface area contributed by atoms with E-state index >= 15 is 0 Å². The Balaban J connectivity index is 1.57. The second kappa shape index (κ2) is 13.6. The number of fused-ring (bicyclic) bond motifs is 2. The highest BCUT2D eigenvalue weighted by molar-refractivity contribution is 6.01. The molecule has 0 atom stereocenters. The van der Waals surface area contributed by atoms with Gasteiger partial charge in [0.25, 0.3) is 0 Å². The zero-order chi connectivity index (χ0) is 30.3. The van der Waals surface area contributed by atoms with E-state index in [4.69, 9.17) is 9.98 Å². The number of benzene rings is 1. The normalized spacial score (nSPS) is 18.3. The molecule has 0 saturated heterocycles. The maximum Gasteiger partial charge on any atom is 0.137 e. The fraction of sp³-hybridized carbons (Fsp3) is 0.250. The quantitative estimate of drug-likeness (QED) is 0.187. The summed E-state index contributed by atoms with van der Waals surface area (Å²) in [5.41, 5.74) is 15.6. The van der Waals surface area contributed by atoms with Crippen LogP contribution in [-0.2, 0) is 0 Å². The third-order valence-electron chi connectivity index (χ3n) is 8.33. The molecule has 0 fully saturated rings. The molecule has 0 unspecified atom stereocenters.